The molecule has 0 saturated carbocycles. The maximum atomic E-state index is 5.83. The van der Waals surface area contributed by atoms with Crippen LogP contribution in [0.15, 0.2) is 41.0 Å². The predicted octanol–water partition coefficient (Wildman–Crippen LogP) is 4.05. The molecule has 0 aliphatic heterocycles. The van der Waals surface area contributed by atoms with Crippen LogP contribution in [0.2, 0.25) is 0 Å². The second-order valence-electron chi connectivity index (χ2n) is 4.29. The van der Waals surface area contributed by atoms with Crippen molar-refractivity contribution >= 4 is 15.9 Å². The van der Waals surface area contributed by atoms with E-state index in [9.17, 15) is 0 Å². The molecule has 3 nitrogen and oxygen atoms in total. The van der Waals surface area contributed by atoms with Gasteiger partial charge in [-0.25, -0.2) is 4.98 Å². The summed E-state index contributed by atoms with van der Waals surface area (Å²) in [4.78, 5) is 4.24. The summed E-state index contributed by atoms with van der Waals surface area (Å²) in [6.45, 7) is 5.88. The standard InChI is InChI=1S/C15H17BrN2O/c1-3-17-10-12-6-7-18-15(9-12)19-14-5-4-13(16)8-11(14)2/h4-9,17H,3,10H2,1-2H3. The van der Waals surface area contributed by atoms with Gasteiger partial charge in [-0.3, -0.25) is 0 Å². The van der Waals surface area contributed by atoms with Crippen molar-refractivity contribution in [2.45, 2.75) is 20.4 Å². The molecule has 1 aromatic heterocycles. The Labute approximate surface area is 122 Å². The molecular formula is C15H17BrN2O. The molecule has 0 aliphatic rings. The summed E-state index contributed by atoms with van der Waals surface area (Å²) in [7, 11) is 0. The summed E-state index contributed by atoms with van der Waals surface area (Å²) in [5.74, 6) is 1.46. The number of halogens is 1. The number of nitrogens with one attached hydrogen (secondary N) is 1. The van der Waals surface area contributed by atoms with Crippen LogP contribution in [0.5, 0.6) is 11.6 Å². The number of hydrogen-bond acceptors (Lipinski definition) is 3. The number of rotatable bonds is 5. The van der Waals surface area contributed by atoms with E-state index in [1.54, 1.807) is 6.20 Å². The highest BCUT2D eigenvalue weighted by molar-refractivity contribution is 9.10. The second-order valence-corrected chi connectivity index (χ2v) is 5.21. The number of ether oxygens (including phenoxy) is 1. The summed E-state index contributed by atoms with van der Waals surface area (Å²) < 4.78 is 6.87. The molecule has 0 unspecified atom stereocenters. The molecule has 4 heteroatoms. The molecule has 0 spiro atoms. The molecule has 0 saturated heterocycles. The quantitative estimate of drug-likeness (QED) is 0.902. The normalized spacial score (nSPS) is 10.5. The average molecular weight is 321 g/mol. The first-order chi connectivity index (χ1) is 9.19. The third-order valence-electron chi connectivity index (χ3n) is 2.73. The Bertz CT molecular complexity index is 558. The number of pyridine rings is 1. The fourth-order valence-corrected chi connectivity index (χ4v) is 2.20. The zero-order valence-corrected chi connectivity index (χ0v) is 12.7. The molecule has 1 aromatic carbocycles. The van der Waals surface area contributed by atoms with Gasteiger partial charge in [0.2, 0.25) is 5.88 Å². The van der Waals surface area contributed by atoms with Crippen molar-refractivity contribution < 1.29 is 4.74 Å². The molecule has 0 bridgehead atoms. The van der Waals surface area contributed by atoms with Crippen LogP contribution in [-0.2, 0) is 6.54 Å². The lowest BCUT2D eigenvalue weighted by Crippen LogP contribution is -2.11. The Morgan fingerprint density at radius 3 is 2.84 bits per heavy atom. The van der Waals surface area contributed by atoms with E-state index in [1.165, 1.54) is 5.56 Å². The van der Waals surface area contributed by atoms with Crippen molar-refractivity contribution in [1.82, 2.24) is 10.3 Å². The maximum Gasteiger partial charge on any atom is 0.219 e. The lowest BCUT2D eigenvalue weighted by atomic mass is 10.2. The van der Waals surface area contributed by atoms with Gasteiger partial charge in [-0.05, 0) is 48.9 Å². The number of benzene rings is 1. The highest BCUT2D eigenvalue weighted by Gasteiger charge is 2.04. The molecule has 1 heterocycles. The van der Waals surface area contributed by atoms with Gasteiger partial charge in [-0.2, -0.15) is 0 Å². The molecule has 0 aliphatic carbocycles. The van der Waals surface area contributed by atoms with Crippen LogP contribution in [0.3, 0.4) is 0 Å². The van der Waals surface area contributed by atoms with Crippen molar-refractivity contribution in [2.24, 2.45) is 0 Å². The Hall–Kier alpha value is -1.39. The predicted molar refractivity (Wildman–Crippen MR) is 80.6 cm³/mol. The number of aromatic nitrogens is 1. The summed E-state index contributed by atoms with van der Waals surface area (Å²) >= 11 is 3.44. The van der Waals surface area contributed by atoms with Gasteiger partial charge in [0.25, 0.3) is 0 Å². The smallest absolute Gasteiger partial charge is 0.219 e. The number of nitrogens with zero attached hydrogens (tertiary/aromatic N) is 1. The van der Waals surface area contributed by atoms with Crippen molar-refractivity contribution in [3.05, 3.63) is 52.1 Å². The minimum atomic E-state index is 0.626. The van der Waals surface area contributed by atoms with E-state index in [2.05, 4.69) is 33.2 Å². The fourth-order valence-electron chi connectivity index (χ4n) is 1.73. The van der Waals surface area contributed by atoms with Crippen LogP contribution in [0.4, 0.5) is 0 Å². The molecule has 2 rings (SSSR count). The molecule has 0 amide bonds. The SMILES string of the molecule is CCNCc1ccnc(Oc2ccc(Br)cc2C)c1. The minimum Gasteiger partial charge on any atom is -0.439 e. The van der Waals surface area contributed by atoms with Gasteiger partial charge in [0.1, 0.15) is 5.75 Å². The van der Waals surface area contributed by atoms with Crippen molar-refractivity contribution in [3.63, 3.8) is 0 Å². The lowest BCUT2D eigenvalue weighted by Gasteiger charge is -2.09. The van der Waals surface area contributed by atoms with Gasteiger partial charge < -0.3 is 10.1 Å². The summed E-state index contributed by atoms with van der Waals surface area (Å²) in [5.41, 5.74) is 2.25. The third kappa shape index (κ3) is 4.04. The number of aryl methyl sites for hydroxylation is 1. The van der Waals surface area contributed by atoms with Gasteiger partial charge in [0.15, 0.2) is 0 Å². The van der Waals surface area contributed by atoms with Gasteiger partial charge in [-0.15, -0.1) is 0 Å². The first-order valence-electron chi connectivity index (χ1n) is 6.28. The van der Waals surface area contributed by atoms with Crippen molar-refractivity contribution in [1.29, 1.82) is 0 Å². The molecule has 1 N–H and O–H groups in total. The molecule has 19 heavy (non-hydrogen) atoms. The Morgan fingerprint density at radius 2 is 2.11 bits per heavy atom. The van der Waals surface area contributed by atoms with E-state index in [-0.39, 0.29) is 0 Å². The first kappa shape index (κ1) is 14.0. The van der Waals surface area contributed by atoms with E-state index in [4.69, 9.17) is 4.74 Å². The maximum absolute atomic E-state index is 5.83. The van der Waals surface area contributed by atoms with Gasteiger partial charge in [-0.1, -0.05) is 22.9 Å². The van der Waals surface area contributed by atoms with Crippen LogP contribution >= 0.6 is 15.9 Å². The van der Waals surface area contributed by atoms with Crippen molar-refractivity contribution in [3.8, 4) is 11.6 Å². The molecule has 0 radical (unpaired) electrons. The van der Waals surface area contributed by atoms with Crippen LogP contribution in [0.1, 0.15) is 18.1 Å². The summed E-state index contributed by atoms with van der Waals surface area (Å²) in [6.07, 6.45) is 1.77. The van der Waals surface area contributed by atoms with Crippen LogP contribution in [0.25, 0.3) is 0 Å². The van der Waals surface area contributed by atoms with Gasteiger partial charge >= 0.3 is 0 Å². The molecule has 0 atom stereocenters. The summed E-state index contributed by atoms with van der Waals surface area (Å²) in [5, 5.41) is 3.28. The van der Waals surface area contributed by atoms with E-state index in [1.807, 2.05) is 37.3 Å². The lowest BCUT2D eigenvalue weighted by molar-refractivity contribution is 0.458. The molecule has 2 aromatic rings. The monoisotopic (exact) mass is 320 g/mol. The van der Waals surface area contributed by atoms with Crippen LogP contribution in [0, 0.1) is 6.92 Å². The number of hydrogen-bond donors (Lipinski definition) is 1. The Morgan fingerprint density at radius 1 is 1.26 bits per heavy atom. The Kier molecular flexibility index (Phi) is 4.93. The Balaban J connectivity index is 2.14. The van der Waals surface area contributed by atoms with Gasteiger partial charge in [0, 0.05) is 23.3 Å². The average Bonchev–Trinajstić information content (AvgIpc) is 2.40. The topological polar surface area (TPSA) is 34.2 Å². The zero-order chi connectivity index (χ0) is 13.7. The largest absolute Gasteiger partial charge is 0.439 e. The molecule has 0 fully saturated rings. The van der Waals surface area contributed by atoms with E-state index in [0.717, 1.165) is 28.9 Å². The highest BCUT2D eigenvalue weighted by Crippen LogP contribution is 2.26. The molecule has 100 valence electrons. The summed E-state index contributed by atoms with van der Waals surface area (Å²) in [6, 6.07) is 9.88. The third-order valence-corrected chi connectivity index (χ3v) is 3.22. The zero-order valence-electron chi connectivity index (χ0n) is 11.1. The first-order valence-corrected chi connectivity index (χ1v) is 7.08. The minimum absolute atomic E-state index is 0.626. The highest BCUT2D eigenvalue weighted by atomic mass is 79.9. The van der Waals surface area contributed by atoms with E-state index >= 15 is 0 Å². The fraction of sp³-hybridized carbons (Fsp3) is 0.267. The van der Waals surface area contributed by atoms with Gasteiger partial charge in [0.05, 0.1) is 0 Å². The van der Waals surface area contributed by atoms with E-state index in [0.29, 0.717) is 5.88 Å². The van der Waals surface area contributed by atoms with E-state index < -0.39 is 0 Å². The molecular weight excluding hydrogens is 304 g/mol. The second kappa shape index (κ2) is 6.68. The van der Waals surface area contributed by atoms with Crippen LogP contribution in [-0.4, -0.2) is 11.5 Å². The van der Waals surface area contributed by atoms with Crippen molar-refractivity contribution in [2.75, 3.05) is 6.54 Å². The van der Waals surface area contributed by atoms with Crippen LogP contribution < -0.4 is 10.1 Å².